The standard InChI is InChI=1S/C18H23N5O/c24-18(15-5-6-17(20-13-15)23-8-7-19-14-23)22-11-9-21(10-12-22)16-3-1-2-4-16/h5-8,13-14,16H,1-4,9-12H2. The molecule has 2 aromatic rings. The molecule has 0 radical (unpaired) electrons. The van der Waals surface area contributed by atoms with E-state index in [1.807, 2.05) is 27.8 Å². The predicted octanol–water partition coefficient (Wildman–Crippen LogP) is 1.97. The zero-order valence-electron chi connectivity index (χ0n) is 13.8. The van der Waals surface area contributed by atoms with Crippen LogP contribution in [0.5, 0.6) is 0 Å². The first-order valence-corrected chi connectivity index (χ1v) is 8.79. The van der Waals surface area contributed by atoms with Gasteiger partial charge in [-0.3, -0.25) is 14.3 Å². The highest BCUT2D eigenvalue weighted by Crippen LogP contribution is 2.24. The molecule has 0 bridgehead atoms. The molecular formula is C18H23N5O. The second-order valence-electron chi connectivity index (χ2n) is 6.64. The molecule has 2 aromatic heterocycles. The average molecular weight is 325 g/mol. The van der Waals surface area contributed by atoms with E-state index in [4.69, 9.17) is 0 Å². The summed E-state index contributed by atoms with van der Waals surface area (Å²) in [5, 5.41) is 0. The normalized spacial score (nSPS) is 19.8. The van der Waals surface area contributed by atoms with Crippen molar-refractivity contribution in [3.63, 3.8) is 0 Å². The lowest BCUT2D eigenvalue weighted by molar-refractivity contribution is 0.0573. The Bertz CT molecular complexity index is 668. The number of carbonyl (C=O) groups excluding carboxylic acids is 1. The van der Waals surface area contributed by atoms with E-state index >= 15 is 0 Å². The van der Waals surface area contributed by atoms with Gasteiger partial charge in [-0.05, 0) is 25.0 Å². The Labute approximate surface area is 142 Å². The second kappa shape index (κ2) is 6.73. The van der Waals surface area contributed by atoms with E-state index in [2.05, 4.69) is 14.9 Å². The van der Waals surface area contributed by atoms with Crippen LogP contribution in [0.15, 0.2) is 37.1 Å². The van der Waals surface area contributed by atoms with Gasteiger partial charge in [0.05, 0.1) is 5.56 Å². The summed E-state index contributed by atoms with van der Waals surface area (Å²) >= 11 is 0. The molecule has 1 saturated carbocycles. The van der Waals surface area contributed by atoms with Gasteiger partial charge in [-0.2, -0.15) is 0 Å². The third-order valence-electron chi connectivity index (χ3n) is 5.21. The van der Waals surface area contributed by atoms with Crippen LogP contribution in [0.4, 0.5) is 0 Å². The van der Waals surface area contributed by atoms with E-state index in [9.17, 15) is 4.79 Å². The summed E-state index contributed by atoms with van der Waals surface area (Å²) in [6, 6.07) is 4.47. The van der Waals surface area contributed by atoms with Crippen LogP contribution in [0.3, 0.4) is 0 Å². The van der Waals surface area contributed by atoms with Crippen LogP contribution in [-0.4, -0.2) is 62.5 Å². The van der Waals surface area contributed by atoms with Crippen LogP contribution in [0.25, 0.3) is 5.82 Å². The first-order chi connectivity index (χ1) is 11.8. The smallest absolute Gasteiger partial charge is 0.255 e. The predicted molar refractivity (Wildman–Crippen MR) is 91.1 cm³/mol. The molecule has 24 heavy (non-hydrogen) atoms. The van der Waals surface area contributed by atoms with E-state index < -0.39 is 0 Å². The van der Waals surface area contributed by atoms with Gasteiger partial charge in [-0.1, -0.05) is 12.8 Å². The largest absolute Gasteiger partial charge is 0.336 e. The fourth-order valence-electron chi connectivity index (χ4n) is 3.80. The number of hydrogen-bond acceptors (Lipinski definition) is 4. The Morgan fingerprint density at radius 1 is 1.08 bits per heavy atom. The maximum atomic E-state index is 12.7. The Morgan fingerprint density at radius 3 is 2.50 bits per heavy atom. The van der Waals surface area contributed by atoms with Gasteiger partial charge in [-0.15, -0.1) is 0 Å². The Hall–Kier alpha value is -2.21. The van der Waals surface area contributed by atoms with Gasteiger partial charge in [0.15, 0.2) is 0 Å². The molecule has 1 aliphatic carbocycles. The average Bonchev–Trinajstić information content (AvgIpc) is 3.35. The van der Waals surface area contributed by atoms with Gasteiger partial charge in [0.1, 0.15) is 12.1 Å². The molecule has 6 nitrogen and oxygen atoms in total. The monoisotopic (exact) mass is 325 g/mol. The molecule has 0 unspecified atom stereocenters. The Kier molecular flexibility index (Phi) is 4.30. The third kappa shape index (κ3) is 3.06. The highest BCUT2D eigenvalue weighted by molar-refractivity contribution is 5.94. The summed E-state index contributed by atoms with van der Waals surface area (Å²) in [7, 11) is 0. The van der Waals surface area contributed by atoms with Gasteiger partial charge in [0.2, 0.25) is 0 Å². The number of pyridine rings is 1. The van der Waals surface area contributed by atoms with Crippen molar-refractivity contribution in [3.05, 3.63) is 42.6 Å². The van der Waals surface area contributed by atoms with Crippen molar-refractivity contribution in [2.24, 2.45) is 0 Å². The van der Waals surface area contributed by atoms with Crippen molar-refractivity contribution in [2.75, 3.05) is 26.2 Å². The third-order valence-corrected chi connectivity index (χ3v) is 5.21. The molecular weight excluding hydrogens is 302 g/mol. The van der Waals surface area contributed by atoms with Crippen molar-refractivity contribution in [3.8, 4) is 5.82 Å². The number of nitrogens with zero attached hydrogens (tertiary/aromatic N) is 5. The van der Waals surface area contributed by atoms with Crippen molar-refractivity contribution in [1.82, 2.24) is 24.3 Å². The first-order valence-electron chi connectivity index (χ1n) is 8.79. The molecule has 3 heterocycles. The van der Waals surface area contributed by atoms with Gasteiger partial charge < -0.3 is 4.90 Å². The molecule has 0 spiro atoms. The van der Waals surface area contributed by atoms with Gasteiger partial charge in [0, 0.05) is 50.8 Å². The minimum absolute atomic E-state index is 0.0887. The lowest BCUT2D eigenvalue weighted by Gasteiger charge is -2.38. The maximum Gasteiger partial charge on any atom is 0.255 e. The van der Waals surface area contributed by atoms with E-state index in [1.54, 1.807) is 18.7 Å². The fourth-order valence-corrected chi connectivity index (χ4v) is 3.80. The minimum atomic E-state index is 0.0887. The molecule has 2 fully saturated rings. The van der Waals surface area contributed by atoms with E-state index in [-0.39, 0.29) is 5.91 Å². The molecule has 0 aromatic carbocycles. The van der Waals surface area contributed by atoms with Crippen molar-refractivity contribution >= 4 is 5.91 Å². The highest BCUT2D eigenvalue weighted by Gasteiger charge is 2.28. The van der Waals surface area contributed by atoms with Crippen LogP contribution >= 0.6 is 0 Å². The van der Waals surface area contributed by atoms with Crippen LogP contribution in [0.2, 0.25) is 0 Å². The van der Waals surface area contributed by atoms with Crippen molar-refractivity contribution in [2.45, 2.75) is 31.7 Å². The van der Waals surface area contributed by atoms with Gasteiger partial charge >= 0.3 is 0 Å². The van der Waals surface area contributed by atoms with Gasteiger partial charge in [0.25, 0.3) is 5.91 Å². The fraction of sp³-hybridized carbons (Fsp3) is 0.500. The van der Waals surface area contributed by atoms with E-state index in [0.717, 1.165) is 38.0 Å². The molecule has 126 valence electrons. The molecule has 1 amide bonds. The van der Waals surface area contributed by atoms with Gasteiger partial charge in [-0.25, -0.2) is 9.97 Å². The van der Waals surface area contributed by atoms with Crippen molar-refractivity contribution in [1.29, 1.82) is 0 Å². The topological polar surface area (TPSA) is 54.3 Å². The summed E-state index contributed by atoms with van der Waals surface area (Å²) < 4.78 is 1.83. The Morgan fingerprint density at radius 2 is 1.88 bits per heavy atom. The number of aromatic nitrogens is 3. The lowest BCUT2D eigenvalue weighted by atomic mass is 10.1. The summed E-state index contributed by atoms with van der Waals surface area (Å²) in [4.78, 5) is 25.6. The molecule has 0 N–H and O–H groups in total. The van der Waals surface area contributed by atoms with Crippen molar-refractivity contribution < 1.29 is 4.79 Å². The first kappa shape index (κ1) is 15.3. The number of imidazole rings is 1. The zero-order chi connectivity index (χ0) is 16.4. The molecule has 6 heteroatoms. The molecule has 4 rings (SSSR count). The van der Waals surface area contributed by atoms with Crippen LogP contribution < -0.4 is 0 Å². The van der Waals surface area contributed by atoms with Crippen LogP contribution in [0.1, 0.15) is 36.0 Å². The van der Waals surface area contributed by atoms with Crippen LogP contribution in [0, 0.1) is 0 Å². The number of amides is 1. The SMILES string of the molecule is O=C(c1ccc(-n2ccnc2)nc1)N1CCN(C2CCCC2)CC1. The summed E-state index contributed by atoms with van der Waals surface area (Å²) in [5.74, 6) is 0.862. The van der Waals surface area contributed by atoms with E-state index in [1.165, 1.54) is 25.7 Å². The number of carbonyl (C=O) groups is 1. The highest BCUT2D eigenvalue weighted by atomic mass is 16.2. The van der Waals surface area contributed by atoms with Crippen LogP contribution in [-0.2, 0) is 0 Å². The maximum absolute atomic E-state index is 12.7. The quantitative estimate of drug-likeness (QED) is 0.866. The lowest BCUT2D eigenvalue weighted by Crippen LogP contribution is -2.51. The molecule has 1 saturated heterocycles. The van der Waals surface area contributed by atoms with E-state index in [0.29, 0.717) is 5.56 Å². The second-order valence-corrected chi connectivity index (χ2v) is 6.64. The minimum Gasteiger partial charge on any atom is -0.336 e. The molecule has 2 aliphatic rings. The number of hydrogen-bond donors (Lipinski definition) is 0. The number of rotatable bonds is 3. The summed E-state index contributed by atoms with van der Waals surface area (Å²) in [6.07, 6.45) is 12.3. The summed E-state index contributed by atoms with van der Waals surface area (Å²) in [5.41, 5.74) is 0.660. The summed E-state index contributed by atoms with van der Waals surface area (Å²) in [6.45, 7) is 3.63. The zero-order valence-corrected chi connectivity index (χ0v) is 13.8. The number of piperazine rings is 1. The molecule has 0 atom stereocenters. The Balaban J connectivity index is 1.37. The molecule has 1 aliphatic heterocycles.